The maximum Gasteiger partial charge on any atom is 0.115 e. The largest absolute Gasteiger partial charge is 0.319 e. The highest BCUT2D eigenvalue weighted by atomic mass is 14.8. The van der Waals surface area contributed by atoms with Crippen molar-refractivity contribution in [2.75, 3.05) is 13.6 Å². The SMILES string of the molecule is CNCC(C)Cc1c(C)ncnc1C. The molecule has 1 aromatic heterocycles. The number of hydrogen-bond donors (Lipinski definition) is 1. The lowest BCUT2D eigenvalue weighted by atomic mass is 9.99. The summed E-state index contributed by atoms with van der Waals surface area (Å²) in [6, 6.07) is 0. The van der Waals surface area contributed by atoms with Gasteiger partial charge in [-0.25, -0.2) is 9.97 Å². The van der Waals surface area contributed by atoms with Crippen LogP contribution < -0.4 is 5.32 Å². The van der Waals surface area contributed by atoms with Gasteiger partial charge in [-0.05, 0) is 45.3 Å². The molecule has 0 spiro atoms. The Labute approximate surface area is 86.0 Å². The molecule has 0 aliphatic heterocycles. The van der Waals surface area contributed by atoms with Gasteiger partial charge in [0.2, 0.25) is 0 Å². The molecule has 1 aromatic rings. The first kappa shape index (κ1) is 11.1. The van der Waals surface area contributed by atoms with Crippen molar-refractivity contribution in [3.05, 3.63) is 23.3 Å². The van der Waals surface area contributed by atoms with E-state index in [2.05, 4.69) is 36.1 Å². The molecule has 1 heterocycles. The Kier molecular flexibility index (Phi) is 4.01. The number of rotatable bonds is 4. The molecule has 3 heteroatoms. The molecule has 0 radical (unpaired) electrons. The van der Waals surface area contributed by atoms with E-state index < -0.39 is 0 Å². The van der Waals surface area contributed by atoms with Gasteiger partial charge in [-0.15, -0.1) is 0 Å². The summed E-state index contributed by atoms with van der Waals surface area (Å²) >= 11 is 0. The predicted octanol–water partition coefficient (Wildman–Crippen LogP) is 1.49. The van der Waals surface area contributed by atoms with Crippen LogP contribution in [0.25, 0.3) is 0 Å². The normalized spacial score (nSPS) is 12.9. The summed E-state index contributed by atoms with van der Waals surface area (Å²) < 4.78 is 0. The molecule has 0 bridgehead atoms. The third-order valence-electron chi connectivity index (χ3n) is 2.48. The summed E-state index contributed by atoms with van der Waals surface area (Å²) in [5, 5.41) is 3.19. The fourth-order valence-corrected chi connectivity index (χ4v) is 1.68. The number of hydrogen-bond acceptors (Lipinski definition) is 3. The molecule has 78 valence electrons. The first-order valence-electron chi connectivity index (χ1n) is 5.06. The van der Waals surface area contributed by atoms with Crippen LogP contribution >= 0.6 is 0 Å². The van der Waals surface area contributed by atoms with Crippen molar-refractivity contribution in [3.8, 4) is 0 Å². The van der Waals surface area contributed by atoms with E-state index in [1.54, 1.807) is 6.33 Å². The first-order valence-corrected chi connectivity index (χ1v) is 5.06. The van der Waals surface area contributed by atoms with E-state index in [0.717, 1.165) is 24.4 Å². The summed E-state index contributed by atoms with van der Waals surface area (Å²) in [7, 11) is 1.98. The van der Waals surface area contributed by atoms with Gasteiger partial charge in [-0.2, -0.15) is 0 Å². The Balaban J connectivity index is 2.75. The lowest BCUT2D eigenvalue weighted by Crippen LogP contribution is -2.19. The second-order valence-corrected chi connectivity index (χ2v) is 3.89. The summed E-state index contributed by atoms with van der Waals surface area (Å²) in [6.07, 6.45) is 2.69. The first-order chi connectivity index (χ1) is 6.65. The summed E-state index contributed by atoms with van der Waals surface area (Å²) in [5.41, 5.74) is 3.52. The van der Waals surface area contributed by atoms with E-state index in [-0.39, 0.29) is 0 Å². The predicted molar refractivity (Wildman–Crippen MR) is 58.3 cm³/mol. The average Bonchev–Trinajstić information content (AvgIpc) is 2.12. The van der Waals surface area contributed by atoms with Crippen LogP contribution in [0.4, 0.5) is 0 Å². The van der Waals surface area contributed by atoms with E-state index in [9.17, 15) is 0 Å². The molecule has 3 nitrogen and oxygen atoms in total. The highest BCUT2D eigenvalue weighted by molar-refractivity contribution is 5.22. The highest BCUT2D eigenvalue weighted by Gasteiger charge is 2.08. The Morgan fingerprint density at radius 2 is 1.86 bits per heavy atom. The molecule has 0 saturated carbocycles. The van der Waals surface area contributed by atoms with Crippen LogP contribution in [0.5, 0.6) is 0 Å². The monoisotopic (exact) mass is 193 g/mol. The van der Waals surface area contributed by atoms with E-state index in [1.807, 2.05) is 7.05 Å². The molecule has 14 heavy (non-hydrogen) atoms. The van der Waals surface area contributed by atoms with Crippen molar-refractivity contribution in [1.29, 1.82) is 0 Å². The van der Waals surface area contributed by atoms with Crippen molar-refractivity contribution in [1.82, 2.24) is 15.3 Å². The number of aryl methyl sites for hydroxylation is 2. The van der Waals surface area contributed by atoms with E-state index in [4.69, 9.17) is 0 Å². The molecule has 0 aromatic carbocycles. The molecule has 1 rings (SSSR count). The zero-order valence-corrected chi connectivity index (χ0v) is 9.46. The smallest absolute Gasteiger partial charge is 0.115 e. The third-order valence-corrected chi connectivity index (χ3v) is 2.48. The van der Waals surface area contributed by atoms with E-state index in [0.29, 0.717) is 5.92 Å². The van der Waals surface area contributed by atoms with Gasteiger partial charge in [0.1, 0.15) is 6.33 Å². The minimum absolute atomic E-state index is 0.628. The van der Waals surface area contributed by atoms with Gasteiger partial charge in [0, 0.05) is 11.4 Å². The summed E-state index contributed by atoms with van der Waals surface area (Å²) in [5.74, 6) is 0.628. The second kappa shape index (κ2) is 5.05. The fraction of sp³-hybridized carbons (Fsp3) is 0.636. The maximum atomic E-state index is 4.22. The molecular formula is C11H19N3. The van der Waals surface area contributed by atoms with Crippen molar-refractivity contribution in [2.45, 2.75) is 27.2 Å². The zero-order valence-electron chi connectivity index (χ0n) is 9.46. The Hall–Kier alpha value is -0.960. The highest BCUT2D eigenvalue weighted by Crippen LogP contribution is 2.13. The number of nitrogens with one attached hydrogen (secondary N) is 1. The van der Waals surface area contributed by atoms with Gasteiger partial charge in [0.15, 0.2) is 0 Å². The van der Waals surface area contributed by atoms with E-state index in [1.165, 1.54) is 5.56 Å². The van der Waals surface area contributed by atoms with Gasteiger partial charge in [-0.1, -0.05) is 6.92 Å². The Morgan fingerprint density at radius 1 is 1.29 bits per heavy atom. The molecule has 0 aliphatic carbocycles. The van der Waals surface area contributed by atoms with Crippen LogP contribution in [-0.2, 0) is 6.42 Å². The Bertz CT molecular complexity index is 276. The standard InChI is InChI=1S/C11H19N3/c1-8(6-12-4)5-11-9(2)13-7-14-10(11)3/h7-8,12H,5-6H2,1-4H3. The van der Waals surface area contributed by atoms with Crippen LogP contribution in [0.15, 0.2) is 6.33 Å². The molecule has 1 unspecified atom stereocenters. The lowest BCUT2D eigenvalue weighted by molar-refractivity contribution is 0.537. The number of aromatic nitrogens is 2. The molecular weight excluding hydrogens is 174 g/mol. The van der Waals surface area contributed by atoms with Crippen LogP contribution in [0, 0.1) is 19.8 Å². The Morgan fingerprint density at radius 3 is 2.36 bits per heavy atom. The van der Waals surface area contributed by atoms with Gasteiger partial charge in [-0.3, -0.25) is 0 Å². The molecule has 0 fully saturated rings. The van der Waals surface area contributed by atoms with Crippen molar-refractivity contribution < 1.29 is 0 Å². The molecule has 0 amide bonds. The quantitative estimate of drug-likeness (QED) is 0.787. The fourth-order valence-electron chi connectivity index (χ4n) is 1.68. The topological polar surface area (TPSA) is 37.8 Å². The van der Waals surface area contributed by atoms with Gasteiger partial charge >= 0.3 is 0 Å². The molecule has 1 N–H and O–H groups in total. The van der Waals surface area contributed by atoms with Gasteiger partial charge in [0.05, 0.1) is 0 Å². The maximum absolute atomic E-state index is 4.22. The van der Waals surface area contributed by atoms with Crippen molar-refractivity contribution in [2.24, 2.45) is 5.92 Å². The zero-order chi connectivity index (χ0) is 10.6. The van der Waals surface area contributed by atoms with Crippen molar-refractivity contribution >= 4 is 0 Å². The van der Waals surface area contributed by atoms with E-state index >= 15 is 0 Å². The lowest BCUT2D eigenvalue weighted by Gasteiger charge is -2.13. The van der Waals surface area contributed by atoms with Crippen LogP contribution in [0.2, 0.25) is 0 Å². The minimum Gasteiger partial charge on any atom is -0.319 e. The number of nitrogens with zero attached hydrogens (tertiary/aromatic N) is 2. The minimum atomic E-state index is 0.628. The van der Waals surface area contributed by atoms with Crippen LogP contribution in [-0.4, -0.2) is 23.6 Å². The molecule has 0 saturated heterocycles. The summed E-state index contributed by atoms with van der Waals surface area (Å²) in [6.45, 7) is 7.38. The summed E-state index contributed by atoms with van der Waals surface area (Å²) in [4.78, 5) is 8.44. The van der Waals surface area contributed by atoms with Gasteiger partial charge in [0.25, 0.3) is 0 Å². The molecule has 1 atom stereocenters. The van der Waals surface area contributed by atoms with Crippen LogP contribution in [0.1, 0.15) is 23.9 Å². The van der Waals surface area contributed by atoms with Crippen LogP contribution in [0.3, 0.4) is 0 Å². The third kappa shape index (κ3) is 2.77. The van der Waals surface area contributed by atoms with Gasteiger partial charge < -0.3 is 5.32 Å². The molecule has 0 aliphatic rings. The van der Waals surface area contributed by atoms with Crippen molar-refractivity contribution in [3.63, 3.8) is 0 Å². The average molecular weight is 193 g/mol. The second-order valence-electron chi connectivity index (χ2n) is 3.89.